The second-order valence-electron chi connectivity index (χ2n) is 6.95. The first-order valence-corrected chi connectivity index (χ1v) is 8.75. The van der Waals surface area contributed by atoms with Gasteiger partial charge in [-0.15, -0.1) is 23.2 Å². The highest BCUT2D eigenvalue weighted by Gasteiger charge is 2.67. The third kappa shape index (κ3) is 3.66. The van der Waals surface area contributed by atoms with Crippen LogP contribution < -0.4 is 5.32 Å². The van der Waals surface area contributed by atoms with E-state index in [1.807, 2.05) is 18.2 Å². The lowest BCUT2D eigenvalue weighted by atomic mass is 10.1. The van der Waals surface area contributed by atoms with Gasteiger partial charge in [0.25, 0.3) is 0 Å². The molecular weight excluding hydrogens is 333 g/mol. The SMILES string of the molecule is CN1CCN(Cc2cccc(NC(=O)[C@@]3(C)CC3(Cl)Cl)c2)CC1. The van der Waals surface area contributed by atoms with Crippen molar-refractivity contribution in [2.24, 2.45) is 5.41 Å². The zero-order valence-corrected chi connectivity index (χ0v) is 15.1. The fourth-order valence-corrected chi connectivity index (χ4v) is 3.63. The predicted octanol–water partition coefficient (Wildman–Crippen LogP) is 2.96. The topological polar surface area (TPSA) is 35.6 Å². The molecule has 1 aliphatic carbocycles. The number of benzene rings is 1. The molecular formula is C17H23Cl2N3O. The van der Waals surface area contributed by atoms with Crippen molar-refractivity contribution in [3.8, 4) is 0 Å². The number of carbonyl (C=O) groups excluding carboxylic acids is 1. The van der Waals surface area contributed by atoms with Gasteiger partial charge in [-0.2, -0.15) is 0 Å². The van der Waals surface area contributed by atoms with Gasteiger partial charge < -0.3 is 10.2 Å². The molecule has 0 radical (unpaired) electrons. The van der Waals surface area contributed by atoms with Crippen molar-refractivity contribution in [2.45, 2.75) is 24.2 Å². The molecule has 23 heavy (non-hydrogen) atoms. The van der Waals surface area contributed by atoms with Crippen LogP contribution >= 0.6 is 23.2 Å². The number of hydrogen-bond donors (Lipinski definition) is 1. The Morgan fingerprint density at radius 2 is 1.91 bits per heavy atom. The Morgan fingerprint density at radius 1 is 1.26 bits per heavy atom. The average molecular weight is 356 g/mol. The lowest BCUT2D eigenvalue weighted by Gasteiger charge is -2.32. The van der Waals surface area contributed by atoms with Crippen LogP contribution in [0.2, 0.25) is 0 Å². The van der Waals surface area contributed by atoms with Gasteiger partial charge in [0.05, 0.1) is 5.41 Å². The molecule has 1 aromatic rings. The first kappa shape index (κ1) is 17.0. The van der Waals surface area contributed by atoms with E-state index in [9.17, 15) is 4.79 Å². The molecule has 1 saturated carbocycles. The molecule has 0 bridgehead atoms. The van der Waals surface area contributed by atoms with Crippen LogP contribution in [0.1, 0.15) is 18.9 Å². The highest BCUT2D eigenvalue weighted by molar-refractivity contribution is 6.53. The van der Waals surface area contributed by atoms with Crippen molar-refractivity contribution < 1.29 is 4.79 Å². The normalized spacial score (nSPS) is 27.7. The number of nitrogens with one attached hydrogen (secondary N) is 1. The first-order chi connectivity index (χ1) is 10.8. The van der Waals surface area contributed by atoms with Crippen LogP contribution in [0.5, 0.6) is 0 Å². The minimum atomic E-state index is -0.936. The van der Waals surface area contributed by atoms with Crippen molar-refractivity contribution in [1.29, 1.82) is 0 Å². The van der Waals surface area contributed by atoms with Gasteiger partial charge in [-0.1, -0.05) is 12.1 Å². The maximum Gasteiger partial charge on any atom is 0.233 e. The van der Waals surface area contributed by atoms with Crippen molar-refractivity contribution in [3.63, 3.8) is 0 Å². The van der Waals surface area contributed by atoms with E-state index in [2.05, 4.69) is 28.2 Å². The Bertz CT molecular complexity index is 599. The summed E-state index contributed by atoms with van der Waals surface area (Å²) in [6.45, 7) is 7.06. The van der Waals surface area contributed by atoms with Crippen LogP contribution in [0.4, 0.5) is 5.69 Å². The van der Waals surface area contributed by atoms with Crippen LogP contribution in [-0.2, 0) is 11.3 Å². The maximum absolute atomic E-state index is 12.4. The summed E-state index contributed by atoms with van der Waals surface area (Å²) in [6, 6.07) is 8.01. The monoisotopic (exact) mass is 355 g/mol. The van der Waals surface area contributed by atoms with Gasteiger partial charge in [-0.05, 0) is 38.1 Å². The number of anilines is 1. The quantitative estimate of drug-likeness (QED) is 0.843. The van der Waals surface area contributed by atoms with E-state index >= 15 is 0 Å². The third-order valence-electron chi connectivity index (χ3n) is 4.95. The second-order valence-corrected chi connectivity index (χ2v) is 8.43. The van der Waals surface area contributed by atoms with Crippen molar-refractivity contribution >= 4 is 34.8 Å². The maximum atomic E-state index is 12.4. The summed E-state index contributed by atoms with van der Waals surface area (Å²) in [4.78, 5) is 17.1. The summed E-state index contributed by atoms with van der Waals surface area (Å²) in [5.41, 5.74) is 1.32. The zero-order chi connectivity index (χ0) is 16.7. The Morgan fingerprint density at radius 3 is 2.52 bits per heavy atom. The Kier molecular flexibility index (Phi) is 4.62. The molecule has 2 fully saturated rings. The minimum Gasteiger partial charge on any atom is -0.326 e. The predicted molar refractivity (Wildman–Crippen MR) is 95.0 cm³/mol. The number of carbonyl (C=O) groups is 1. The standard InChI is InChI=1S/C17H23Cl2N3O/c1-16(12-17(16,18)19)15(23)20-14-5-3-4-13(10-14)11-22-8-6-21(2)7-9-22/h3-5,10H,6-9,11-12H2,1-2H3,(H,20,23)/t16-/m1/s1. The molecule has 1 aliphatic heterocycles. The summed E-state index contributed by atoms with van der Waals surface area (Å²) >= 11 is 12.2. The number of likely N-dealkylation sites (N-methyl/N-ethyl adjacent to an activating group) is 1. The van der Waals surface area contributed by atoms with Gasteiger partial charge in [0.15, 0.2) is 0 Å². The second kappa shape index (κ2) is 6.25. The molecule has 1 amide bonds. The molecule has 4 nitrogen and oxygen atoms in total. The molecule has 2 aliphatic rings. The van der Waals surface area contributed by atoms with E-state index in [0.29, 0.717) is 6.42 Å². The summed E-state index contributed by atoms with van der Waals surface area (Å²) in [5, 5.41) is 2.95. The van der Waals surface area contributed by atoms with E-state index in [4.69, 9.17) is 23.2 Å². The van der Waals surface area contributed by atoms with Gasteiger partial charge in [0.1, 0.15) is 4.33 Å². The lowest BCUT2D eigenvalue weighted by Crippen LogP contribution is -2.43. The molecule has 0 aromatic heterocycles. The molecule has 1 N–H and O–H groups in total. The summed E-state index contributed by atoms with van der Waals surface area (Å²) in [6.07, 6.45) is 0.496. The van der Waals surface area contributed by atoms with Gasteiger partial charge >= 0.3 is 0 Å². The van der Waals surface area contributed by atoms with Gasteiger partial charge in [-0.3, -0.25) is 9.69 Å². The average Bonchev–Trinajstić information content (AvgIpc) is 3.02. The van der Waals surface area contributed by atoms with Crippen molar-refractivity contribution in [1.82, 2.24) is 9.80 Å². The summed E-state index contributed by atoms with van der Waals surface area (Å²) in [5.74, 6) is -0.112. The molecule has 6 heteroatoms. The number of hydrogen-bond acceptors (Lipinski definition) is 3. The smallest absolute Gasteiger partial charge is 0.233 e. The largest absolute Gasteiger partial charge is 0.326 e. The molecule has 1 saturated heterocycles. The molecule has 3 rings (SSSR count). The first-order valence-electron chi connectivity index (χ1n) is 7.99. The van der Waals surface area contributed by atoms with Gasteiger partial charge in [-0.25, -0.2) is 0 Å². The van der Waals surface area contributed by atoms with Crippen LogP contribution in [0.3, 0.4) is 0 Å². The number of amides is 1. The van der Waals surface area contributed by atoms with Crippen LogP contribution in [0.15, 0.2) is 24.3 Å². The van der Waals surface area contributed by atoms with E-state index in [1.165, 1.54) is 5.56 Å². The number of nitrogens with zero attached hydrogens (tertiary/aromatic N) is 2. The number of piperazine rings is 1. The van der Waals surface area contributed by atoms with Crippen LogP contribution in [-0.4, -0.2) is 53.3 Å². The fraction of sp³-hybridized carbons (Fsp3) is 0.588. The summed E-state index contributed by atoms with van der Waals surface area (Å²) in [7, 11) is 2.15. The van der Waals surface area contributed by atoms with Crippen LogP contribution in [0.25, 0.3) is 0 Å². The van der Waals surface area contributed by atoms with E-state index in [0.717, 1.165) is 38.4 Å². The Labute approximate surface area is 147 Å². The number of rotatable bonds is 4. The molecule has 1 atom stereocenters. The number of halogens is 2. The molecule has 0 unspecified atom stereocenters. The van der Waals surface area contributed by atoms with Crippen molar-refractivity contribution in [3.05, 3.63) is 29.8 Å². The number of alkyl halides is 2. The summed E-state index contributed by atoms with van der Waals surface area (Å²) < 4.78 is -0.936. The highest BCUT2D eigenvalue weighted by Crippen LogP contribution is 2.64. The van der Waals surface area contributed by atoms with Crippen LogP contribution in [0, 0.1) is 5.41 Å². The Balaban J connectivity index is 1.61. The fourth-order valence-electron chi connectivity index (χ4n) is 2.93. The Hall–Kier alpha value is -0.810. The minimum absolute atomic E-state index is 0.112. The van der Waals surface area contributed by atoms with Crippen molar-refractivity contribution in [2.75, 3.05) is 38.5 Å². The van der Waals surface area contributed by atoms with Gasteiger partial charge in [0, 0.05) is 38.4 Å². The zero-order valence-electron chi connectivity index (χ0n) is 13.6. The molecule has 0 spiro atoms. The third-order valence-corrected chi connectivity index (χ3v) is 6.05. The lowest BCUT2D eigenvalue weighted by molar-refractivity contribution is -0.120. The molecule has 126 valence electrons. The molecule has 1 heterocycles. The van der Waals surface area contributed by atoms with E-state index in [1.54, 1.807) is 6.92 Å². The van der Waals surface area contributed by atoms with E-state index in [-0.39, 0.29) is 5.91 Å². The van der Waals surface area contributed by atoms with E-state index < -0.39 is 9.75 Å². The molecule has 1 aromatic carbocycles. The highest BCUT2D eigenvalue weighted by atomic mass is 35.5. The van der Waals surface area contributed by atoms with Gasteiger partial charge in [0.2, 0.25) is 5.91 Å².